The number of carbonyl (C=O) groups excluding carboxylic acids is 4. The average Bonchev–Trinajstić information content (AvgIpc) is 3.09. The molecule has 1 aliphatic heterocycles. The number of fused-ring (bicyclic) bond motifs is 1. The van der Waals surface area contributed by atoms with Crippen molar-refractivity contribution in [2.24, 2.45) is 11.8 Å². The van der Waals surface area contributed by atoms with Crippen LogP contribution in [-0.2, 0) is 24.3 Å². The molecule has 2 aromatic carbocycles. The largest absolute Gasteiger partial charge is 0.460 e. The van der Waals surface area contributed by atoms with Gasteiger partial charge in [-0.05, 0) is 56.2 Å². The smallest absolute Gasteiger partial charge is 0.338 e. The highest BCUT2D eigenvalue weighted by Gasteiger charge is 2.47. The van der Waals surface area contributed by atoms with Crippen LogP contribution in [0.2, 0.25) is 0 Å². The summed E-state index contributed by atoms with van der Waals surface area (Å²) < 4.78 is 31.8. The molecule has 2 aromatic rings. The maximum absolute atomic E-state index is 12.5. The molecule has 2 N–H and O–H groups in total. The first-order valence-electron chi connectivity index (χ1n) is 11.7. The molecule has 4 amide bonds. The first-order valence-corrected chi connectivity index (χ1v) is 13.2. The number of esters is 1. The Balaban J connectivity index is 1.26. The van der Waals surface area contributed by atoms with Gasteiger partial charge in [0, 0.05) is 5.69 Å². The molecule has 190 valence electrons. The number of urea groups is 1. The number of anilines is 1. The van der Waals surface area contributed by atoms with E-state index < -0.39 is 22.0 Å². The lowest BCUT2D eigenvalue weighted by atomic mass is 9.81. The van der Waals surface area contributed by atoms with Crippen LogP contribution in [0.15, 0.2) is 53.4 Å². The molecule has 0 aromatic heterocycles. The minimum Gasteiger partial charge on any atom is -0.460 e. The van der Waals surface area contributed by atoms with Crippen LogP contribution in [0, 0.1) is 18.8 Å². The fourth-order valence-corrected chi connectivity index (χ4v) is 5.42. The van der Waals surface area contributed by atoms with Crippen LogP contribution in [-0.4, -0.2) is 50.3 Å². The first kappa shape index (κ1) is 25.4. The molecule has 1 saturated carbocycles. The maximum Gasteiger partial charge on any atom is 0.338 e. The third-order valence-corrected chi connectivity index (χ3v) is 7.76. The lowest BCUT2D eigenvalue weighted by Gasteiger charge is -2.19. The standard InChI is InChI=1S/C25H27N3O7S/c1-16-6-12-19(13-7-16)36(33,34)27-25(32)26-18-10-8-17(9-11-18)24(31)35-15-14-28-22(29)20-4-2-3-5-21(20)23(28)30/h6-13,20-21H,2-5,14-15H2,1H3,(H2,26,27,32). The van der Waals surface area contributed by atoms with E-state index in [-0.39, 0.29) is 52.9 Å². The van der Waals surface area contributed by atoms with E-state index in [0.717, 1.165) is 31.2 Å². The minimum absolute atomic E-state index is 0.0195. The first-order chi connectivity index (χ1) is 17.2. The molecular weight excluding hydrogens is 486 g/mol. The van der Waals surface area contributed by atoms with E-state index in [2.05, 4.69) is 5.32 Å². The molecule has 10 nitrogen and oxygen atoms in total. The number of ether oxygens (including phenoxy) is 1. The van der Waals surface area contributed by atoms with Gasteiger partial charge in [0.1, 0.15) is 6.61 Å². The average molecular weight is 514 g/mol. The van der Waals surface area contributed by atoms with E-state index in [1.54, 1.807) is 12.1 Å². The number of nitrogens with one attached hydrogen (secondary N) is 2. The summed E-state index contributed by atoms with van der Waals surface area (Å²) in [7, 11) is -4.04. The number of nitrogens with zero attached hydrogens (tertiary/aromatic N) is 1. The zero-order chi connectivity index (χ0) is 25.9. The topological polar surface area (TPSA) is 139 Å². The van der Waals surface area contributed by atoms with Gasteiger partial charge in [-0.1, -0.05) is 30.5 Å². The van der Waals surface area contributed by atoms with E-state index in [1.165, 1.54) is 41.3 Å². The Bertz CT molecular complexity index is 1250. The number of carbonyl (C=O) groups is 4. The van der Waals surface area contributed by atoms with Gasteiger partial charge in [-0.25, -0.2) is 22.7 Å². The molecule has 1 aliphatic carbocycles. The summed E-state index contributed by atoms with van der Waals surface area (Å²) in [6.45, 7) is 1.72. The highest BCUT2D eigenvalue weighted by molar-refractivity contribution is 7.90. The molecule has 0 spiro atoms. The van der Waals surface area contributed by atoms with Crippen molar-refractivity contribution in [1.29, 1.82) is 0 Å². The fraction of sp³-hybridized carbons (Fsp3) is 0.360. The van der Waals surface area contributed by atoms with Crippen LogP contribution < -0.4 is 10.0 Å². The quantitative estimate of drug-likeness (QED) is 0.429. The second-order valence-electron chi connectivity index (χ2n) is 8.91. The van der Waals surface area contributed by atoms with Gasteiger partial charge in [-0.3, -0.25) is 14.5 Å². The third-order valence-electron chi connectivity index (χ3n) is 6.42. The molecule has 1 heterocycles. The van der Waals surface area contributed by atoms with Crippen molar-refractivity contribution in [1.82, 2.24) is 9.62 Å². The van der Waals surface area contributed by atoms with Crippen LogP contribution >= 0.6 is 0 Å². The molecule has 2 fully saturated rings. The van der Waals surface area contributed by atoms with Gasteiger partial charge in [0.25, 0.3) is 10.0 Å². The lowest BCUT2D eigenvalue weighted by molar-refractivity contribution is -0.140. The van der Waals surface area contributed by atoms with E-state index in [0.29, 0.717) is 0 Å². The zero-order valence-corrected chi connectivity index (χ0v) is 20.5. The number of sulfonamides is 1. The Morgan fingerprint density at radius 2 is 1.53 bits per heavy atom. The number of benzene rings is 2. The van der Waals surface area contributed by atoms with Crippen LogP contribution in [0.5, 0.6) is 0 Å². The van der Waals surface area contributed by atoms with Crippen LogP contribution in [0.1, 0.15) is 41.6 Å². The maximum atomic E-state index is 12.5. The van der Waals surface area contributed by atoms with Crippen molar-refractivity contribution in [3.05, 3.63) is 59.7 Å². The molecule has 4 rings (SSSR count). The van der Waals surface area contributed by atoms with Gasteiger partial charge in [0.2, 0.25) is 11.8 Å². The van der Waals surface area contributed by atoms with Gasteiger partial charge in [0.15, 0.2) is 0 Å². The summed E-state index contributed by atoms with van der Waals surface area (Å²) in [5.41, 5.74) is 1.34. The summed E-state index contributed by atoms with van der Waals surface area (Å²) in [6, 6.07) is 10.8. The summed E-state index contributed by atoms with van der Waals surface area (Å²) in [5.74, 6) is -1.50. The molecular formula is C25H27N3O7S. The second kappa shape index (κ2) is 10.5. The molecule has 2 unspecified atom stereocenters. The highest BCUT2D eigenvalue weighted by atomic mass is 32.2. The number of aryl methyl sites for hydroxylation is 1. The number of imide groups is 1. The van der Waals surface area contributed by atoms with Gasteiger partial charge < -0.3 is 10.1 Å². The van der Waals surface area contributed by atoms with Crippen molar-refractivity contribution in [3.8, 4) is 0 Å². The Morgan fingerprint density at radius 1 is 0.944 bits per heavy atom. The van der Waals surface area contributed by atoms with E-state index in [9.17, 15) is 27.6 Å². The Hall–Kier alpha value is -3.73. The van der Waals surface area contributed by atoms with Crippen molar-refractivity contribution < 1.29 is 32.3 Å². The molecule has 0 radical (unpaired) electrons. The van der Waals surface area contributed by atoms with E-state index in [1.807, 2.05) is 11.6 Å². The summed E-state index contributed by atoms with van der Waals surface area (Å²) in [5, 5.41) is 2.40. The van der Waals surface area contributed by atoms with Gasteiger partial charge in [-0.2, -0.15) is 0 Å². The molecule has 2 aliphatic rings. The monoisotopic (exact) mass is 513 g/mol. The summed E-state index contributed by atoms with van der Waals surface area (Å²) in [4.78, 5) is 50.6. The predicted molar refractivity (Wildman–Crippen MR) is 129 cm³/mol. The van der Waals surface area contributed by atoms with Crippen LogP contribution in [0.25, 0.3) is 0 Å². The molecule has 11 heteroatoms. The highest BCUT2D eigenvalue weighted by Crippen LogP contribution is 2.37. The Morgan fingerprint density at radius 3 is 2.11 bits per heavy atom. The lowest BCUT2D eigenvalue weighted by Crippen LogP contribution is -2.34. The fourth-order valence-electron chi connectivity index (χ4n) is 4.51. The number of hydrogen-bond acceptors (Lipinski definition) is 7. The Kier molecular flexibility index (Phi) is 7.39. The van der Waals surface area contributed by atoms with Gasteiger partial charge in [0.05, 0.1) is 28.8 Å². The second-order valence-corrected chi connectivity index (χ2v) is 10.6. The third kappa shape index (κ3) is 5.56. The van der Waals surface area contributed by atoms with Crippen molar-refractivity contribution >= 4 is 39.5 Å². The van der Waals surface area contributed by atoms with Crippen LogP contribution in [0.3, 0.4) is 0 Å². The molecule has 2 atom stereocenters. The van der Waals surface area contributed by atoms with Crippen molar-refractivity contribution in [3.63, 3.8) is 0 Å². The number of hydrogen-bond donors (Lipinski definition) is 2. The molecule has 1 saturated heterocycles. The van der Waals surface area contributed by atoms with Gasteiger partial charge >= 0.3 is 12.0 Å². The van der Waals surface area contributed by atoms with Crippen molar-refractivity contribution in [2.45, 2.75) is 37.5 Å². The molecule has 36 heavy (non-hydrogen) atoms. The normalized spacial score (nSPS) is 19.5. The zero-order valence-electron chi connectivity index (χ0n) is 19.7. The Labute approximate surface area is 209 Å². The summed E-state index contributed by atoms with van der Waals surface area (Å²) in [6.07, 6.45) is 3.33. The summed E-state index contributed by atoms with van der Waals surface area (Å²) >= 11 is 0. The number of rotatable bonds is 7. The number of amides is 4. The number of likely N-dealkylation sites (tertiary alicyclic amines) is 1. The predicted octanol–water partition coefficient (Wildman–Crippen LogP) is 2.84. The molecule has 0 bridgehead atoms. The van der Waals surface area contributed by atoms with E-state index >= 15 is 0 Å². The van der Waals surface area contributed by atoms with Crippen molar-refractivity contribution in [2.75, 3.05) is 18.5 Å². The van der Waals surface area contributed by atoms with Crippen LogP contribution in [0.4, 0.5) is 10.5 Å². The van der Waals surface area contributed by atoms with Gasteiger partial charge in [-0.15, -0.1) is 0 Å². The minimum atomic E-state index is -4.04. The van der Waals surface area contributed by atoms with E-state index in [4.69, 9.17) is 4.74 Å². The SMILES string of the molecule is Cc1ccc(S(=O)(=O)NC(=O)Nc2ccc(C(=O)OCCN3C(=O)C4CCCCC4C3=O)cc2)cc1.